The van der Waals surface area contributed by atoms with Crippen LogP contribution < -0.4 is 10.2 Å². The lowest BCUT2D eigenvalue weighted by molar-refractivity contribution is 0.581. The van der Waals surface area contributed by atoms with Crippen LogP contribution >= 0.6 is 0 Å². The minimum Gasteiger partial charge on any atom is -0.368 e. The van der Waals surface area contributed by atoms with Gasteiger partial charge in [-0.3, -0.25) is 4.68 Å². The molecule has 1 atom stereocenters. The van der Waals surface area contributed by atoms with Gasteiger partial charge in [0.2, 0.25) is 0 Å². The third kappa shape index (κ3) is 3.82. The molecule has 2 rings (SSSR count). The van der Waals surface area contributed by atoms with Crippen LogP contribution in [0.3, 0.4) is 0 Å². The molecule has 0 fully saturated rings. The molecule has 0 saturated carbocycles. The highest BCUT2D eigenvalue weighted by molar-refractivity contribution is 5.49. The molecule has 1 aromatic heterocycles. The Labute approximate surface area is 125 Å². The zero-order chi connectivity index (χ0) is 15.4. The Morgan fingerprint density at radius 3 is 2.76 bits per heavy atom. The summed E-state index contributed by atoms with van der Waals surface area (Å²) in [5.41, 5.74) is 2.63. The second kappa shape index (κ2) is 6.72. The second-order valence-corrected chi connectivity index (χ2v) is 5.37. The Bertz CT molecular complexity index is 594. The van der Waals surface area contributed by atoms with Crippen molar-refractivity contribution in [3.05, 3.63) is 47.5 Å². The first kappa shape index (κ1) is 15.5. The molecule has 1 aromatic carbocycles. The molecular weight excluding hydrogens is 267 g/mol. The van der Waals surface area contributed by atoms with Crippen LogP contribution in [0.4, 0.5) is 10.1 Å². The van der Waals surface area contributed by atoms with E-state index in [0.29, 0.717) is 12.2 Å². The molecule has 21 heavy (non-hydrogen) atoms. The molecule has 2 aromatic rings. The highest BCUT2D eigenvalue weighted by atomic mass is 19.1. The van der Waals surface area contributed by atoms with Crippen molar-refractivity contribution in [2.24, 2.45) is 7.05 Å². The van der Waals surface area contributed by atoms with Crippen molar-refractivity contribution in [1.29, 1.82) is 0 Å². The summed E-state index contributed by atoms with van der Waals surface area (Å²) in [6.07, 6.45) is 3.74. The summed E-state index contributed by atoms with van der Waals surface area (Å²) in [4.78, 5) is 1.90. The van der Waals surface area contributed by atoms with Crippen LogP contribution in [0.15, 0.2) is 30.6 Å². The number of nitrogens with one attached hydrogen (secondary N) is 1. The van der Waals surface area contributed by atoms with Crippen LogP contribution in [-0.4, -0.2) is 23.4 Å². The van der Waals surface area contributed by atoms with E-state index in [1.807, 2.05) is 51.2 Å². The van der Waals surface area contributed by atoms with Gasteiger partial charge in [0.15, 0.2) is 0 Å². The first-order valence-electron chi connectivity index (χ1n) is 7.22. The summed E-state index contributed by atoms with van der Waals surface area (Å²) < 4.78 is 16.1. The summed E-state index contributed by atoms with van der Waals surface area (Å²) in [6, 6.07) is 5.59. The topological polar surface area (TPSA) is 33.1 Å². The number of hydrogen-bond donors (Lipinski definition) is 1. The molecule has 0 spiro atoms. The van der Waals surface area contributed by atoms with E-state index >= 15 is 0 Å². The summed E-state index contributed by atoms with van der Waals surface area (Å²) >= 11 is 0. The Hall–Kier alpha value is -1.88. The van der Waals surface area contributed by atoms with Gasteiger partial charge in [0, 0.05) is 38.4 Å². The summed E-state index contributed by atoms with van der Waals surface area (Å²) in [7, 11) is 3.76. The largest absolute Gasteiger partial charge is 0.368 e. The number of anilines is 1. The van der Waals surface area contributed by atoms with Gasteiger partial charge in [-0.05, 0) is 31.2 Å². The standard InChI is InChI=1S/C16H23FN4/c1-5-18-12(2)14-6-7-16(15(17)8-14)20(3)10-13-9-19-21(4)11-13/h6-9,11-12,18H,5,10H2,1-4H3. The number of hydrogen-bond acceptors (Lipinski definition) is 3. The molecule has 1 unspecified atom stereocenters. The van der Waals surface area contributed by atoms with Crippen molar-refractivity contribution in [3.8, 4) is 0 Å². The van der Waals surface area contributed by atoms with E-state index in [1.165, 1.54) is 0 Å². The van der Waals surface area contributed by atoms with Gasteiger partial charge >= 0.3 is 0 Å². The lowest BCUT2D eigenvalue weighted by Crippen LogP contribution is -2.20. The lowest BCUT2D eigenvalue weighted by Gasteiger charge is -2.21. The van der Waals surface area contributed by atoms with E-state index in [2.05, 4.69) is 10.4 Å². The lowest BCUT2D eigenvalue weighted by atomic mass is 10.1. The third-order valence-corrected chi connectivity index (χ3v) is 3.57. The third-order valence-electron chi connectivity index (χ3n) is 3.57. The van der Waals surface area contributed by atoms with E-state index < -0.39 is 0 Å². The van der Waals surface area contributed by atoms with Crippen LogP contribution in [-0.2, 0) is 13.6 Å². The average Bonchev–Trinajstić information content (AvgIpc) is 2.84. The predicted molar refractivity (Wildman–Crippen MR) is 83.8 cm³/mol. The van der Waals surface area contributed by atoms with Crippen LogP contribution in [0.5, 0.6) is 0 Å². The van der Waals surface area contributed by atoms with Gasteiger partial charge in [0.05, 0.1) is 11.9 Å². The average molecular weight is 290 g/mol. The Balaban J connectivity index is 2.12. The molecule has 5 heteroatoms. The molecule has 0 aliphatic rings. The number of halogens is 1. The van der Waals surface area contributed by atoms with Crippen molar-refractivity contribution >= 4 is 5.69 Å². The van der Waals surface area contributed by atoms with E-state index in [-0.39, 0.29) is 11.9 Å². The minimum absolute atomic E-state index is 0.155. The van der Waals surface area contributed by atoms with Gasteiger partial charge in [0.25, 0.3) is 0 Å². The van der Waals surface area contributed by atoms with E-state index in [0.717, 1.165) is 17.7 Å². The van der Waals surface area contributed by atoms with E-state index in [1.54, 1.807) is 16.9 Å². The highest BCUT2D eigenvalue weighted by Gasteiger charge is 2.12. The molecule has 1 N–H and O–H groups in total. The highest BCUT2D eigenvalue weighted by Crippen LogP contribution is 2.23. The fourth-order valence-corrected chi connectivity index (χ4v) is 2.44. The summed E-state index contributed by atoms with van der Waals surface area (Å²) in [5.74, 6) is -0.191. The van der Waals surface area contributed by atoms with Gasteiger partial charge in [0.1, 0.15) is 5.82 Å². The first-order chi connectivity index (χ1) is 10.0. The second-order valence-electron chi connectivity index (χ2n) is 5.37. The Kier molecular flexibility index (Phi) is 4.96. The fraction of sp³-hybridized carbons (Fsp3) is 0.438. The van der Waals surface area contributed by atoms with Crippen molar-refractivity contribution in [1.82, 2.24) is 15.1 Å². The van der Waals surface area contributed by atoms with E-state index in [9.17, 15) is 4.39 Å². The predicted octanol–water partition coefficient (Wildman–Crippen LogP) is 2.87. The molecule has 0 bridgehead atoms. The number of aromatic nitrogens is 2. The Morgan fingerprint density at radius 1 is 1.43 bits per heavy atom. The SMILES string of the molecule is CCNC(C)c1ccc(N(C)Cc2cnn(C)c2)c(F)c1. The van der Waals surface area contributed by atoms with Crippen molar-refractivity contribution in [2.75, 3.05) is 18.5 Å². The molecule has 114 valence electrons. The minimum atomic E-state index is -0.191. The smallest absolute Gasteiger partial charge is 0.146 e. The maximum absolute atomic E-state index is 14.3. The van der Waals surface area contributed by atoms with Gasteiger partial charge in [-0.15, -0.1) is 0 Å². The number of rotatable bonds is 6. The van der Waals surface area contributed by atoms with Gasteiger partial charge in [-0.25, -0.2) is 4.39 Å². The number of aryl methyl sites for hydroxylation is 1. The zero-order valence-electron chi connectivity index (χ0n) is 13.1. The van der Waals surface area contributed by atoms with Crippen molar-refractivity contribution < 1.29 is 4.39 Å². The quantitative estimate of drug-likeness (QED) is 0.888. The first-order valence-corrected chi connectivity index (χ1v) is 7.22. The molecule has 0 saturated heterocycles. The molecular formula is C16H23FN4. The van der Waals surface area contributed by atoms with Crippen molar-refractivity contribution in [2.45, 2.75) is 26.4 Å². The van der Waals surface area contributed by atoms with Crippen LogP contribution in [0.1, 0.15) is 31.0 Å². The van der Waals surface area contributed by atoms with Gasteiger partial charge in [-0.2, -0.15) is 5.10 Å². The monoisotopic (exact) mass is 290 g/mol. The van der Waals surface area contributed by atoms with E-state index in [4.69, 9.17) is 0 Å². The summed E-state index contributed by atoms with van der Waals surface area (Å²) in [6.45, 7) is 5.58. The maximum atomic E-state index is 14.3. The maximum Gasteiger partial charge on any atom is 0.146 e. The summed E-state index contributed by atoms with van der Waals surface area (Å²) in [5, 5.41) is 7.42. The van der Waals surface area contributed by atoms with Crippen LogP contribution in [0, 0.1) is 5.82 Å². The van der Waals surface area contributed by atoms with Gasteiger partial charge in [-0.1, -0.05) is 13.0 Å². The Morgan fingerprint density at radius 2 is 2.19 bits per heavy atom. The molecule has 1 heterocycles. The van der Waals surface area contributed by atoms with Gasteiger partial charge < -0.3 is 10.2 Å². The zero-order valence-corrected chi connectivity index (χ0v) is 13.1. The molecule has 0 amide bonds. The van der Waals surface area contributed by atoms with Crippen LogP contribution in [0.2, 0.25) is 0 Å². The number of benzene rings is 1. The molecule has 0 aliphatic carbocycles. The number of nitrogens with zero attached hydrogens (tertiary/aromatic N) is 3. The van der Waals surface area contributed by atoms with Crippen LogP contribution in [0.25, 0.3) is 0 Å². The fourth-order valence-electron chi connectivity index (χ4n) is 2.44. The molecule has 0 radical (unpaired) electrons. The molecule has 4 nitrogen and oxygen atoms in total. The van der Waals surface area contributed by atoms with Crippen molar-refractivity contribution in [3.63, 3.8) is 0 Å². The normalized spacial score (nSPS) is 12.4. The molecule has 0 aliphatic heterocycles.